The summed E-state index contributed by atoms with van der Waals surface area (Å²) < 4.78 is 16.9. The molecule has 0 fully saturated rings. The van der Waals surface area contributed by atoms with Crippen LogP contribution in [0.4, 0.5) is 0 Å². The van der Waals surface area contributed by atoms with Crippen molar-refractivity contribution in [1.29, 1.82) is 0 Å². The Balaban J connectivity index is 4.33. The van der Waals surface area contributed by atoms with Crippen LogP contribution >= 0.6 is 0 Å². The summed E-state index contributed by atoms with van der Waals surface area (Å²) in [5.41, 5.74) is 0. The molecule has 6 nitrogen and oxygen atoms in total. The smallest absolute Gasteiger partial charge is 0.306 e. The van der Waals surface area contributed by atoms with Gasteiger partial charge in [0.1, 0.15) is 13.2 Å². The molecular formula is C72H120O6. The number of carbonyl (C=O) groups excluding carboxylic acids is 3. The number of carbonyl (C=O) groups is 3. The summed E-state index contributed by atoms with van der Waals surface area (Å²) in [7, 11) is 0. The molecule has 0 spiro atoms. The van der Waals surface area contributed by atoms with E-state index in [1.54, 1.807) is 0 Å². The topological polar surface area (TPSA) is 78.9 Å². The summed E-state index contributed by atoms with van der Waals surface area (Å²) in [6.45, 7) is 6.45. The maximum absolute atomic E-state index is 12.9. The van der Waals surface area contributed by atoms with Gasteiger partial charge in [-0.1, -0.05) is 271 Å². The largest absolute Gasteiger partial charge is 0.462 e. The summed E-state index contributed by atoms with van der Waals surface area (Å²) in [5, 5.41) is 0. The van der Waals surface area contributed by atoms with E-state index in [1.807, 2.05) is 0 Å². The standard InChI is InChI=1S/C72H120O6/c1-4-7-10-13-16-19-22-25-28-30-31-32-33-34-35-36-37-38-39-40-41-43-44-47-50-53-56-59-62-65-71(74)77-68-69(67-76-70(73)64-61-58-55-52-49-46-27-24-21-18-15-12-9-6-3)78-72(75)66-63-60-57-54-51-48-45-42-29-26-23-20-17-14-11-8-5-2/h7,10,15-20,24-29,31-32,34-35,37-38,69H,4-6,8-9,11-14,21-23,30,33,36,39-68H2,1-3H3/b10-7-,18-15-,19-16-,20-17-,27-24-,28-25-,29-26-,32-31-,35-34-,38-37-. The first kappa shape index (κ1) is 73.8. The number of allylic oxidation sites excluding steroid dienone is 20. The van der Waals surface area contributed by atoms with Gasteiger partial charge in [-0.05, 0) is 128 Å². The minimum absolute atomic E-state index is 0.0895. The first-order chi connectivity index (χ1) is 38.5. The number of unbranched alkanes of at least 4 members (excludes halogenated alkanes) is 27. The Morgan fingerprint density at radius 1 is 0.269 bits per heavy atom. The molecule has 0 aromatic carbocycles. The molecule has 0 radical (unpaired) electrons. The number of ether oxygens (including phenoxy) is 3. The van der Waals surface area contributed by atoms with Crippen molar-refractivity contribution in [3.8, 4) is 0 Å². The van der Waals surface area contributed by atoms with Gasteiger partial charge in [-0.3, -0.25) is 14.4 Å². The van der Waals surface area contributed by atoms with Crippen molar-refractivity contribution in [2.45, 2.75) is 303 Å². The summed E-state index contributed by atoms with van der Waals surface area (Å²) in [4.78, 5) is 38.3. The Hall–Kier alpha value is -4.19. The number of esters is 3. The van der Waals surface area contributed by atoms with Gasteiger partial charge < -0.3 is 14.2 Å². The number of hydrogen-bond donors (Lipinski definition) is 0. The predicted octanol–water partition coefficient (Wildman–Crippen LogP) is 22.4. The van der Waals surface area contributed by atoms with Crippen LogP contribution in [0.5, 0.6) is 0 Å². The fourth-order valence-electron chi connectivity index (χ4n) is 8.79. The second-order valence-corrected chi connectivity index (χ2v) is 21.3. The fourth-order valence-corrected chi connectivity index (χ4v) is 8.79. The second kappa shape index (κ2) is 65.3. The highest BCUT2D eigenvalue weighted by molar-refractivity contribution is 5.71. The van der Waals surface area contributed by atoms with Gasteiger partial charge in [0, 0.05) is 19.3 Å². The molecule has 0 saturated carbocycles. The van der Waals surface area contributed by atoms with Crippen molar-refractivity contribution in [3.05, 3.63) is 122 Å². The third-order valence-electron chi connectivity index (χ3n) is 13.7. The normalized spacial score (nSPS) is 12.9. The molecule has 444 valence electrons. The molecule has 0 aliphatic rings. The van der Waals surface area contributed by atoms with Crippen molar-refractivity contribution < 1.29 is 28.6 Å². The zero-order valence-electron chi connectivity index (χ0n) is 50.9. The summed E-state index contributed by atoms with van der Waals surface area (Å²) >= 11 is 0. The maximum atomic E-state index is 12.9. The highest BCUT2D eigenvalue weighted by Gasteiger charge is 2.19. The molecule has 0 amide bonds. The van der Waals surface area contributed by atoms with Gasteiger partial charge in [-0.2, -0.15) is 0 Å². The van der Waals surface area contributed by atoms with E-state index >= 15 is 0 Å². The van der Waals surface area contributed by atoms with E-state index in [-0.39, 0.29) is 31.1 Å². The van der Waals surface area contributed by atoms with Crippen LogP contribution < -0.4 is 0 Å². The van der Waals surface area contributed by atoms with E-state index in [1.165, 1.54) is 122 Å². The van der Waals surface area contributed by atoms with Gasteiger partial charge in [-0.15, -0.1) is 0 Å². The summed E-state index contributed by atoms with van der Waals surface area (Å²) in [6.07, 6.45) is 90.6. The first-order valence-electron chi connectivity index (χ1n) is 32.5. The highest BCUT2D eigenvalue weighted by atomic mass is 16.6. The van der Waals surface area contributed by atoms with Crippen molar-refractivity contribution in [1.82, 2.24) is 0 Å². The minimum atomic E-state index is -0.794. The fraction of sp³-hybridized carbons (Fsp3) is 0.681. The molecule has 0 bridgehead atoms. The van der Waals surface area contributed by atoms with Crippen molar-refractivity contribution in [3.63, 3.8) is 0 Å². The molecule has 0 aromatic rings. The predicted molar refractivity (Wildman–Crippen MR) is 339 cm³/mol. The van der Waals surface area contributed by atoms with E-state index in [0.29, 0.717) is 19.3 Å². The van der Waals surface area contributed by atoms with Crippen LogP contribution in [0, 0.1) is 0 Å². The minimum Gasteiger partial charge on any atom is -0.462 e. The Bertz CT molecular complexity index is 1620. The average molecular weight is 1080 g/mol. The lowest BCUT2D eigenvalue weighted by molar-refractivity contribution is -0.167. The Morgan fingerprint density at radius 2 is 0.513 bits per heavy atom. The SMILES string of the molecule is CC/C=C\C/C=C\C/C=C\C/C=C\C/C=C\C/C=C\CCCCCCCCCCCCC(=O)OCC(COC(=O)CCCCCCC/C=C\C/C=C\CCCC)OC(=O)CCCCCCCCC/C=C\C/C=C\CCCCC. The average Bonchev–Trinajstić information content (AvgIpc) is 3.44. The molecular weight excluding hydrogens is 961 g/mol. The van der Waals surface area contributed by atoms with Crippen LogP contribution in [0.15, 0.2) is 122 Å². The van der Waals surface area contributed by atoms with Gasteiger partial charge in [0.25, 0.3) is 0 Å². The summed E-state index contributed by atoms with van der Waals surface area (Å²) in [5.74, 6) is -0.910. The van der Waals surface area contributed by atoms with Crippen LogP contribution in [0.2, 0.25) is 0 Å². The van der Waals surface area contributed by atoms with Crippen LogP contribution in [0.3, 0.4) is 0 Å². The molecule has 0 saturated heterocycles. The lowest BCUT2D eigenvalue weighted by atomic mass is 10.1. The zero-order chi connectivity index (χ0) is 56.4. The zero-order valence-corrected chi connectivity index (χ0v) is 50.9. The van der Waals surface area contributed by atoms with Crippen molar-refractivity contribution in [2.75, 3.05) is 13.2 Å². The molecule has 78 heavy (non-hydrogen) atoms. The van der Waals surface area contributed by atoms with E-state index < -0.39 is 6.10 Å². The molecule has 0 aliphatic heterocycles. The summed E-state index contributed by atoms with van der Waals surface area (Å²) in [6, 6.07) is 0. The molecule has 0 aliphatic carbocycles. The monoisotopic (exact) mass is 1080 g/mol. The van der Waals surface area contributed by atoms with Gasteiger partial charge >= 0.3 is 17.9 Å². The molecule has 0 heterocycles. The van der Waals surface area contributed by atoms with E-state index in [4.69, 9.17) is 14.2 Å². The van der Waals surface area contributed by atoms with Gasteiger partial charge in [0.2, 0.25) is 0 Å². The van der Waals surface area contributed by atoms with Gasteiger partial charge in [0.05, 0.1) is 0 Å². The first-order valence-corrected chi connectivity index (χ1v) is 32.5. The molecule has 0 rings (SSSR count). The van der Waals surface area contributed by atoms with Crippen molar-refractivity contribution in [2.24, 2.45) is 0 Å². The van der Waals surface area contributed by atoms with Crippen LogP contribution in [0.25, 0.3) is 0 Å². The second-order valence-electron chi connectivity index (χ2n) is 21.3. The maximum Gasteiger partial charge on any atom is 0.306 e. The van der Waals surface area contributed by atoms with Crippen LogP contribution in [0.1, 0.15) is 297 Å². The lowest BCUT2D eigenvalue weighted by Crippen LogP contribution is -2.30. The Labute approximate surface area is 482 Å². The molecule has 0 aromatic heterocycles. The van der Waals surface area contributed by atoms with E-state index in [0.717, 1.165) is 135 Å². The Kier molecular flexibility index (Phi) is 61.8. The number of rotatable bonds is 58. The Morgan fingerprint density at radius 3 is 0.821 bits per heavy atom. The third kappa shape index (κ3) is 62.7. The molecule has 1 atom stereocenters. The quantitative estimate of drug-likeness (QED) is 0.0261. The third-order valence-corrected chi connectivity index (χ3v) is 13.7. The van der Waals surface area contributed by atoms with Crippen LogP contribution in [-0.4, -0.2) is 37.2 Å². The van der Waals surface area contributed by atoms with E-state index in [9.17, 15) is 14.4 Å². The number of hydrogen-bond acceptors (Lipinski definition) is 6. The highest BCUT2D eigenvalue weighted by Crippen LogP contribution is 2.15. The van der Waals surface area contributed by atoms with Gasteiger partial charge in [-0.25, -0.2) is 0 Å². The van der Waals surface area contributed by atoms with E-state index in [2.05, 4.69) is 142 Å². The van der Waals surface area contributed by atoms with Crippen molar-refractivity contribution >= 4 is 17.9 Å². The van der Waals surface area contributed by atoms with Crippen LogP contribution in [-0.2, 0) is 28.6 Å². The molecule has 6 heteroatoms. The lowest BCUT2D eigenvalue weighted by Gasteiger charge is -2.18. The molecule has 0 N–H and O–H groups in total. The molecule has 1 unspecified atom stereocenters. The van der Waals surface area contributed by atoms with Gasteiger partial charge in [0.15, 0.2) is 6.10 Å².